The van der Waals surface area contributed by atoms with Gasteiger partial charge in [0.1, 0.15) is 5.69 Å². The van der Waals surface area contributed by atoms with E-state index < -0.39 is 11.0 Å². The summed E-state index contributed by atoms with van der Waals surface area (Å²) < 4.78 is 0. The quantitative estimate of drug-likeness (QED) is 0.434. The summed E-state index contributed by atoms with van der Waals surface area (Å²) in [6.07, 6.45) is 1.78. The predicted octanol–water partition coefficient (Wildman–Crippen LogP) is 2.25. The maximum atomic E-state index is 11.1. The molecule has 2 N–H and O–H groups in total. The van der Waals surface area contributed by atoms with Gasteiger partial charge in [0.15, 0.2) is 0 Å². The van der Waals surface area contributed by atoms with Gasteiger partial charge in [-0.3, -0.25) is 10.1 Å². The molecule has 1 rings (SSSR count). The number of nitro groups is 1. The van der Waals surface area contributed by atoms with Crippen molar-refractivity contribution in [2.75, 3.05) is 25.1 Å². The highest BCUT2D eigenvalue weighted by Gasteiger charge is 2.18. The summed E-state index contributed by atoms with van der Waals surface area (Å²) in [4.78, 5) is 12.6. The zero-order valence-electron chi connectivity index (χ0n) is 12.0. The molecule has 1 aromatic carbocycles. The second-order valence-corrected chi connectivity index (χ2v) is 4.89. The van der Waals surface area contributed by atoms with E-state index in [1.807, 2.05) is 11.9 Å². The van der Waals surface area contributed by atoms with Crippen molar-refractivity contribution in [1.29, 1.82) is 0 Å². The molecule has 0 saturated heterocycles. The van der Waals surface area contributed by atoms with Crippen molar-refractivity contribution in [3.63, 3.8) is 0 Å². The molecule has 1 atom stereocenters. The number of hydrogen-bond acceptors (Lipinski definition) is 5. The van der Waals surface area contributed by atoms with E-state index in [9.17, 15) is 15.2 Å². The highest BCUT2D eigenvalue weighted by Crippen LogP contribution is 2.30. The van der Waals surface area contributed by atoms with Crippen LogP contribution in [-0.2, 0) is 0 Å². The first kappa shape index (κ1) is 16.4. The third-order valence-electron chi connectivity index (χ3n) is 3.24. The lowest BCUT2D eigenvalue weighted by Crippen LogP contribution is -2.20. The Bertz CT molecular complexity index is 449. The number of aliphatic hydroxyl groups excluding tert-OH is 2. The van der Waals surface area contributed by atoms with E-state index in [-0.39, 0.29) is 12.3 Å². The molecule has 0 radical (unpaired) electrons. The molecule has 0 amide bonds. The molecule has 0 unspecified atom stereocenters. The zero-order chi connectivity index (χ0) is 15.1. The maximum Gasteiger partial charge on any atom is 0.292 e. The molecule has 0 aliphatic carbocycles. The number of nitro benzene ring substituents is 1. The highest BCUT2D eigenvalue weighted by atomic mass is 16.6. The van der Waals surface area contributed by atoms with Crippen LogP contribution >= 0.6 is 0 Å². The molecular formula is C14H22N2O4. The molecule has 6 heteroatoms. The van der Waals surface area contributed by atoms with Crippen molar-refractivity contribution in [1.82, 2.24) is 0 Å². The first-order chi connectivity index (χ1) is 9.47. The van der Waals surface area contributed by atoms with Crippen LogP contribution in [0.5, 0.6) is 0 Å². The minimum absolute atomic E-state index is 0.00746. The average Bonchev–Trinajstić information content (AvgIpc) is 2.42. The fourth-order valence-electron chi connectivity index (χ4n) is 2.03. The summed E-state index contributed by atoms with van der Waals surface area (Å²) in [5.41, 5.74) is 1.09. The Morgan fingerprint density at radius 1 is 1.35 bits per heavy atom. The summed E-state index contributed by atoms with van der Waals surface area (Å²) in [5, 5.41) is 29.4. The van der Waals surface area contributed by atoms with Crippen LogP contribution in [0.3, 0.4) is 0 Å². The van der Waals surface area contributed by atoms with Gasteiger partial charge in [-0.25, -0.2) is 0 Å². The molecule has 0 aliphatic heterocycles. The smallest absolute Gasteiger partial charge is 0.292 e. The van der Waals surface area contributed by atoms with Crippen molar-refractivity contribution in [2.45, 2.75) is 32.3 Å². The zero-order valence-corrected chi connectivity index (χ0v) is 12.0. The minimum Gasteiger partial charge on any atom is -0.396 e. The molecule has 6 nitrogen and oxygen atoms in total. The Balaban J connectivity index is 2.84. The van der Waals surface area contributed by atoms with E-state index >= 15 is 0 Å². The summed E-state index contributed by atoms with van der Waals surface area (Å²) in [5.74, 6) is 0. The van der Waals surface area contributed by atoms with Gasteiger partial charge in [0, 0.05) is 26.3 Å². The third-order valence-corrected chi connectivity index (χ3v) is 3.24. The van der Waals surface area contributed by atoms with Crippen molar-refractivity contribution < 1.29 is 15.1 Å². The van der Waals surface area contributed by atoms with E-state index in [4.69, 9.17) is 5.11 Å². The molecule has 1 aromatic rings. The lowest BCUT2D eigenvalue weighted by molar-refractivity contribution is -0.384. The van der Waals surface area contributed by atoms with Crippen LogP contribution in [0.2, 0.25) is 0 Å². The Labute approximate surface area is 118 Å². The summed E-state index contributed by atoms with van der Waals surface area (Å²) in [6, 6.07) is 4.80. The second kappa shape index (κ2) is 7.81. The number of benzene rings is 1. The van der Waals surface area contributed by atoms with Gasteiger partial charge in [-0.1, -0.05) is 6.07 Å². The van der Waals surface area contributed by atoms with Gasteiger partial charge in [0.2, 0.25) is 0 Å². The normalized spacial score (nSPS) is 12.2. The Morgan fingerprint density at radius 3 is 2.60 bits per heavy atom. The van der Waals surface area contributed by atoms with Crippen LogP contribution < -0.4 is 4.90 Å². The van der Waals surface area contributed by atoms with E-state index in [1.54, 1.807) is 19.1 Å². The number of aliphatic hydroxyl groups is 2. The largest absolute Gasteiger partial charge is 0.396 e. The molecule has 0 saturated carbocycles. The molecule has 20 heavy (non-hydrogen) atoms. The first-order valence-electron chi connectivity index (χ1n) is 6.75. The Kier molecular flexibility index (Phi) is 6.41. The molecule has 0 bridgehead atoms. The molecule has 0 spiro atoms. The lowest BCUT2D eigenvalue weighted by atomic mass is 10.1. The van der Waals surface area contributed by atoms with E-state index in [0.717, 1.165) is 19.3 Å². The Morgan fingerprint density at radius 2 is 2.05 bits per heavy atom. The number of anilines is 1. The van der Waals surface area contributed by atoms with Gasteiger partial charge < -0.3 is 15.1 Å². The predicted molar refractivity (Wildman–Crippen MR) is 77.9 cm³/mol. The molecule has 0 aromatic heterocycles. The number of nitrogens with zero attached hydrogens (tertiary/aromatic N) is 2. The van der Waals surface area contributed by atoms with E-state index in [2.05, 4.69) is 0 Å². The van der Waals surface area contributed by atoms with Crippen molar-refractivity contribution in [2.24, 2.45) is 0 Å². The topological polar surface area (TPSA) is 86.8 Å². The van der Waals surface area contributed by atoms with Gasteiger partial charge in [-0.2, -0.15) is 0 Å². The molecule has 0 heterocycles. The summed E-state index contributed by atoms with van der Waals surface area (Å²) in [6.45, 7) is 2.44. The molecular weight excluding hydrogens is 260 g/mol. The maximum absolute atomic E-state index is 11.1. The van der Waals surface area contributed by atoms with Crippen LogP contribution in [-0.4, -0.2) is 35.3 Å². The van der Waals surface area contributed by atoms with Gasteiger partial charge >= 0.3 is 0 Å². The van der Waals surface area contributed by atoms with Crippen LogP contribution in [0, 0.1) is 10.1 Å². The monoisotopic (exact) mass is 282 g/mol. The highest BCUT2D eigenvalue weighted by molar-refractivity contribution is 5.64. The van der Waals surface area contributed by atoms with Crippen molar-refractivity contribution >= 4 is 11.4 Å². The van der Waals surface area contributed by atoms with Crippen molar-refractivity contribution in [3.8, 4) is 0 Å². The molecule has 112 valence electrons. The van der Waals surface area contributed by atoms with Gasteiger partial charge in [-0.05, 0) is 37.8 Å². The van der Waals surface area contributed by atoms with E-state index in [0.29, 0.717) is 17.8 Å². The van der Waals surface area contributed by atoms with Gasteiger partial charge in [0.05, 0.1) is 11.0 Å². The fraction of sp³-hybridized carbons (Fsp3) is 0.571. The van der Waals surface area contributed by atoms with Gasteiger partial charge in [0.25, 0.3) is 5.69 Å². The van der Waals surface area contributed by atoms with Crippen LogP contribution in [0.25, 0.3) is 0 Å². The standard InChI is InChI=1S/C14H22N2O4/c1-11(18)12-6-7-13(14(10-12)16(19)20)15(2)8-4-3-5-9-17/h6-7,10-11,17-18H,3-5,8-9H2,1-2H3/t11-/m0/s1. The second-order valence-electron chi connectivity index (χ2n) is 4.89. The fourth-order valence-corrected chi connectivity index (χ4v) is 2.03. The van der Waals surface area contributed by atoms with Crippen LogP contribution in [0.15, 0.2) is 18.2 Å². The van der Waals surface area contributed by atoms with Crippen LogP contribution in [0.1, 0.15) is 37.9 Å². The first-order valence-corrected chi connectivity index (χ1v) is 6.75. The van der Waals surface area contributed by atoms with Crippen molar-refractivity contribution in [3.05, 3.63) is 33.9 Å². The summed E-state index contributed by atoms with van der Waals surface area (Å²) in [7, 11) is 1.81. The SMILES string of the molecule is C[C@H](O)c1ccc(N(C)CCCCCO)c([N+](=O)[O-])c1. The summed E-state index contributed by atoms with van der Waals surface area (Å²) >= 11 is 0. The van der Waals surface area contributed by atoms with Gasteiger partial charge in [-0.15, -0.1) is 0 Å². The molecule has 0 fully saturated rings. The average molecular weight is 282 g/mol. The number of rotatable bonds is 8. The van der Waals surface area contributed by atoms with E-state index in [1.165, 1.54) is 6.07 Å². The Hall–Kier alpha value is -1.66. The number of unbranched alkanes of at least 4 members (excludes halogenated alkanes) is 2. The third kappa shape index (κ3) is 4.47. The minimum atomic E-state index is -0.724. The molecule has 0 aliphatic rings. The number of hydrogen-bond donors (Lipinski definition) is 2. The lowest BCUT2D eigenvalue weighted by Gasteiger charge is -2.19. The van der Waals surface area contributed by atoms with Crippen LogP contribution in [0.4, 0.5) is 11.4 Å².